The van der Waals surface area contributed by atoms with Gasteiger partial charge in [0.05, 0.1) is 0 Å². The van der Waals surface area contributed by atoms with Crippen molar-refractivity contribution < 1.29 is 14.3 Å². The van der Waals surface area contributed by atoms with Gasteiger partial charge in [0, 0.05) is 12.0 Å². The zero-order valence-electron chi connectivity index (χ0n) is 11.3. The third-order valence-corrected chi connectivity index (χ3v) is 4.09. The van der Waals surface area contributed by atoms with Gasteiger partial charge in [0.25, 0.3) is 0 Å². The van der Waals surface area contributed by atoms with Crippen molar-refractivity contribution >= 4 is 11.0 Å². The lowest BCUT2D eigenvalue weighted by atomic mass is 9.92. The maximum absolute atomic E-state index is 10.7. The highest BCUT2D eigenvalue weighted by Gasteiger charge is 2.43. The molecule has 19 heavy (non-hydrogen) atoms. The van der Waals surface area contributed by atoms with Gasteiger partial charge < -0.3 is 14.3 Å². The van der Waals surface area contributed by atoms with Crippen LogP contribution in [0.4, 0.5) is 0 Å². The number of para-hydroxylation sites is 1. The van der Waals surface area contributed by atoms with Crippen LogP contribution in [0.5, 0.6) is 0 Å². The minimum Gasteiger partial charge on any atom is -0.458 e. The Labute approximate surface area is 113 Å². The Balaban J connectivity index is 1.95. The van der Waals surface area contributed by atoms with Crippen LogP contribution < -0.4 is 0 Å². The van der Waals surface area contributed by atoms with Crippen LogP contribution >= 0.6 is 0 Å². The summed E-state index contributed by atoms with van der Waals surface area (Å²) < 4.78 is 11.7. The van der Waals surface area contributed by atoms with E-state index in [1.54, 1.807) is 0 Å². The molecule has 1 aliphatic carbocycles. The summed E-state index contributed by atoms with van der Waals surface area (Å²) in [6.07, 6.45) is 3.34. The number of rotatable bonds is 4. The van der Waals surface area contributed by atoms with Gasteiger partial charge in [-0.2, -0.15) is 0 Å². The molecule has 1 saturated carbocycles. The average Bonchev–Trinajstić information content (AvgIpc) is 3.04. The molecule has 1 unspecified atom stereocenters. The molecule has 0 bridgehead atoms. The molecule has 1 N–H and O–H groups in total. The van der Waals surface area contributed by atoms with Gasteiger partial charge in [-0.3, -0.25) is 0 Å². The second kappa shape index (κ2) is 4.99. The van der Waals surface area contributed by atoms with Gasteiger partial charge in [-0.25, -0.2) is 0 Å². The first-order chi connectivity index (χ1) is 9.25. The molecule has 3 heteroatoms. The second-order valence-corrected chi connectivity index (χ2v) is 5.29. The lowest BCUT2D eigenvalue weighted by Crippen LogP contribution is -2.36. The van der Waals surface area contributed by atoms with E-state index >= 15 is 0 Å². The third kappa shape index (κ3) is 2.17. The van der Waals surface area contributed by atoms with Crippen molar-refractivity contribution in [1.29, 1.82) is 0 Å². The molecule has 1 aromatic carbocycles. The van der Waals surface area contributed by atoms with E-state index in [9.17, 15) is 5.11 Å². The van der Waals surface area contributed by atoms with Gasteiger partial charge in [0.2, 0.25) is 0 Å². The molecular formula is C16H20O3. The Morgan fingerprint density at radius 1 is 1.32 bits per heavy atom. The first-order valence-electron chi connectivity index (χ1n) is 7.06. The van der Waals surface area contributed by atoms with Crippen molar-refractivity contribution in [2.75, 3.05) is 6.61 Å². The minimum absolute atomic E-state index is 0.456. The normalized spacial score (nSPS) is 19.9. The van der Waals surface area contributed by atoms with Crippen LogP contribution in [0.2, 0.25) is 0 Å². The van der Waals surface area contributed by atoms with Gasteiger partial charge in [0.1, 0.15) is 23.0 Å². The van der Waals surface area contributed by atoms with E-state index in [4.69, 9.17) is 9.15 Å². The molecule has 0 aliphatic heterocycles. The number of fused-ring (bicyclic) bond motifs is 1. The first kappa shape index (κ1) is 12.7. The Morgan fingerprint density at radius 3 is 2.74 bits per heavy atom. The van der Waals surface area contributed by atoms with Crippen molar-refractivity contribution in [3.05, 3.63) is 36.1 Å². The van der Waals surface area contributed by atoms with Crippen LogP contribution in [-0.4, -0.2) is 17.3 Å². The highest BCUT2D eigenvalue weighted by atomic mass is 16.5. The van der Waals surface area contributed by atoms with Crippen molar-refractivity contribution in [2.24, 2.45) is 0 Å². The molecule has 1 aromatic heterocycles. The third-order valence-electron chi connectivity index (χ3n) is 4.09. The Kier molecular flexibility index (Phi) is 3.33. The summed E-state index contributed by atoms with van der Waals surface area (Å²) >= 11 is 0. The SMILES string of the molecule is CCOC1(C(O)c2cc3ccccc3o2)CCCC1. The summed E-state index contributed by atoms with van der Waals surface area (Å²) in [5.74, 6) is 0.622. The van der Waals surface area contributed by atoms with Crippen LogP contribution in [0.25, 0.3) is 11.0 Å². The number of furan rings is 1. The van der Waals surface area contributed by atoms with Gasteiger partial charge in [-0.05, 0) is 31.9 Å². The fourth-order valence-electron chi connectivity index (χ4n) is 3.15. The summed E-state index contributed by atoms with van der Waals surface area (Å²) in [6.45, 7) is 2.60. The summed E-state index contributed by atoms with van der Waals surface area (Å²) in [5.41, 5.74) is 0.365. The van der Waals surface area contributed by atoms with Crippen molar-refractivity contribution in [2.45, 2.75) is 44.3 Å². The van der Waals surface area contributed by atoms with E-state index in [0.717, 1.165) is 36.7 Å². The van der Waals surface area contributed by atoms with Crippen LogP contribution in [0, 0.1) is 0 Å². The zero-order chi connectivity index (χ0) is 13.3. The van der Waals surface area contributed by atoms with Gasteiger partial charge in [-0.15, -0.1) is 0 Å². The molecule has 3 nitrogen and oxygen atoms in total. The molecule has 1 heterocycles. The van der Waals surface area contributed by atoms with Crippen LogP contribution in [-0.2, 0) is 4.74 Å². The molecule has 2 aromatic rings. The molecule has 0 radical (unpaired) electrons. The van der Waals surface area contributed by atoms with Crippen molar-refractivity contribution in [1.82, 2.24) is 0 Å². The van der Waals surface area contributed by atoms with E-state index in [1.165, 1.54) is 0 Å². The number of aliphatic hydroxyl groups excluding tert-OH is 1. The lowest BCUT2D eigenvalue weighted by molar-refractivity contribution is -0.124. The second-order valence-electron chi connectivity index (χ2n) is 5.29. The Morgan fingerprint density at radius 2 is 2.05 bits per heavy atom. The fraction of sp³-hybridized carbons (Fsp3) is 0.500. The van der Waals surface area contributed by atoms with Crippen LogP contribution in [0.3, 0.4) is 0 Å². The predicted molar refractivity (Wildman–Crippen MR) is 74.0 cm³/mol. The summed E-state index contributed by atoms with van der Waals surface area (Å²) in [6, 6.07) is 9.77. The lowest BCUT2D eigenvalue weighted by Gasteiger charge is -2.32. The highest BCUT2D eigenvalue weighted by Crippen LogP contribution is 2.43. The monoisotopic (exact) mass is 260 g/mol. The van der Waals surface area contributed by atoms with Gasteiger partial charge >= 0.3 is 0 Å². The summed E-state index contributed by atoms with van der Waals surface area (Å²) in [5, 5.41) is 11.7. The number of hydrogen-bond acceptors (Lipinski definition) is 3. The maximum atomic E-state index is 10.7. The van der Waals surface area contributed by atoms with E-state index in [2.05, 4.69) is 0 Å². The van der Waals surface area contributed by atoms with E-state index < -0.39 is 11.7 Å². The van der Waals surface area contributed by atoms with Crippen molar-refractivity contribution in [3.8, 4) is 0 Å². The molecular weight excluding hydrogens is 240 g/mol. The standard InChI is InChI=1S/C16H20O3/c1-2-18-16(9-5-6-10-16)15(17)14-11-12-7-3-4-8-13(12)19-14/h3-4,7-8,11,15,17H,2,5-6,9-10H2,1H3. The quantitative estimate of drug-likeness (QED) is 0.908. The maximum Gasteiger partial charge on any atom is 0.140 e. The van der Waals surface area contributed by atoms with Gasteiger partial charge in [-0.1, -0.05) is 31.0 Å². The fourth-order valence-corrected chi connectivity index (χ4v) is 3.15. The summed E-state index contributed by atoms with van der Waals surface area (Å²) in [4.78, 5) is 0. The number of benzene rings is 1. The topological polar surface area (TPSA) is 42.6 Å². The minimum atomic E-state index is -0.678. The average molecular weight is 260 g/mol. The summed E-state index contributed by atoms with van der Waals surface area (Å²) in [7, 11) is 0. The smallest absolute Gasteiger partial charge is 0.140 e. The van der Waals surface area contributed by atoms with E-state index in [1.807, 2.05) is 37.3 Å². The predicted octanol–water partition coefficient (Wildman–Crippen LogP) is 3.82. The molecule has 0 saturated heterocycles. The van der Waals surface area contributed by atoms with E-state index in [0.29, 0.717) is 12.4 Å². The zero-order valence-corrected chi connectivity index (χ0v) is 11.3. The van der Waals surface area contributed by atoms with E-state index in [-0.39, 0.29) is 0 Å². The molecule has 1 atom stereocenters. The molecule has 1 aliphatic rings. The highest BCUT2D eigenvalue weighted by molar-refractivity contribution is 5.77. The Bertz CT molecular complexity index is 519. The molecule has 102 valence electrons. The number of hydrogen-bond donors (Lipinski definition) is 1. The number of ether oxygens (including phenoxy) is 1. The molecule has 1 fully saturated rings. The molecule has 0 spiro atoms. The first-order valence-corrected chi connectivity index (χ1v) is 7.06. The molecule has 0 amide bonds. The van der Waals surface area contributed by atoms with Crippen molar-refractivity contribution in [3.63, 3.8) is 0 Å². The largest absolute Gasteiger partial charge is 0.458 e. The van der Waals surface area contributed by atoms with Crippen LogP contribution in [0.1, 0.15) is 44.5 Å². The van der Waals surface area contributed by atoms with Gasteiger partial charge in [0.15, 0.2) is 0 Å². The van der Waals surface area contributed by atoms with Crippen LogP contribution in [0.15, 0.2) is 34.7 Å². The number of aliphatic hydroxyl groups is 1. The molecule has 3 rings (SSSR count). The Hall–Kier alpha value is -1.32.